The first kappa shape index (κ1) is 14.9. The minimum Gasteiger partial charge on any atom is -0.340 e. The molecule has 5 heteroatoms. The highest BCUT2D eigenvalue weighted by atomic mass is 35.5. The van der Waals surface area contributed by atoms with Gasteiger partial charge in [0.05, 0.1) is 0 Å². The van der Waals surface area contributed by atoms with Crippen molar-refractivity contribution in [1.29, 1.82) is 0 Å². The van der Waals surface area contributed by atoms with Gasteiger partial charge in [0.2, 0.25) is 11.8 Å². The SMILES string of the molecule is CC(=CCl)CN1C(=O)C(C)(C2CC2)NC(=O)C1(C)C1CC1. The number of carbonyl (C=O) groups is 2. The fourth-order valence-electron chi connectivity index (χ4n) is 3.54. The topological polar surface area (TPSA) is 49.4 Å². The Morgan fingerprint density at radius 1 is 1.29 bits per heavy atom. The number of rotatable bonds is 4. The van der Waals surface area contributed by atoms with E-state index < -0.39 is 11.1 Å². The largest absolute Gasteiger partial charge is 0.340 e. The van der Waals surface area contributed by atoms with Crippen LogP contribution in [0.25, 0.3) is 0 Å². The molecule has 0 bridgehead atoms. The second-order valence-corrected chi connectivity index (χ2v) is 7.42. The second-order valence-electron chi connectivity index (χ2n) is 7.20. The minimum absolute atomic E-state index is 0.00127. The molecule has 0 aromatic rings. The van der Waals surface area contributed by atoms with Gasteiger partial charge in [-0.3, -0.25) is 9.59 Å². The van der Waals surface area contributed by atoms with Gasteiger partial charge in [-0.15, -0.1) is 0 Å². The fraction of sp³-hybridized carbons (Fsp3) is 0.750. The van der Waals surface area contributed by atoms with Crippen molar-refractivity contribution in [2.24, 2.45) is 11.8 Å². The molecule has 21 heavy (non-hydrogen) atoms. The van der Waals surface area contributed by atoms with Crippen LogP contribution in [0.1, 0.15) is 46.5 Å². The average Bonchev–Trinajstić information content (AvgIpc) is 3.31. The molecular weight excluding hydrogens is 288 g/mol. The first-order valence-electron chi connectivity index (χ1n) is 7.74. The maximum atomic E-state index is 13.1. The smallest absolute Gasteiger partial charge is 0.249 e. The Balaban J connectivity index is 1.98. The second kappa shape index (κ2) is 4.73. The highest BCUT2D eigenvalue weighted by Gasteiger charge is 2.63. The Labute approximate surface area is 130 Å². The summed E-state index contributed by atoms with van der Waals surface area (Å²) in [6, 6.07) is 0. The van der Waals surface area contributed by atoms with E-state index in [0.717, 1.165) is 31.3 Å². The highest BCUT2D eigenvalue weighted by Crippen LogP contribution is 2.49. The molecule has 116 valence electrons. The van der Waals surface area contributed by atoms with Crippen LogP contribution in [0.15, 0.2) is 11.1 Å². The third kappa shape index (κ3) is 2.19. The van der Waals surface area contributed by atoms with E-state index in [2.05, 4.69) is 5.32 Å². The molecule has 0 aromatic carbocycles. The third-order valence-corrected chi connectivity index (χ3v) is 5.82. The summed E-state index contributed by atoms with van der Waals surface area (Å²) >= 11 is 5.79. The summed E-state index contributed by atoms with van der Waals surface area (Å²) < 4.78 is 0. The van der Waals surface area contributed by atoms with Crippen LogP contribution in [0, 0.1) is 11.8 Å². The number of halogens is 1. The summed E-state index contributed by atoms with van der Waals surface area (Å²) in [5.74, 6) is 0.604. The zero-order chi connectivity index (χ0) is 15.4. The van der Waals surface area contributed by atoms with Gasteiger partial charge < -0.3 is 10.2 Å². The van der Waals surface area contributed by atoms with E-state index in [1.165, 1.54) is 5.54 Å². The summed E-state index contributed by atoms with van der Waals surface area (Å²) in [7, 11) is 0. The van der Waals surface area contributed by atoms with Gasteiger partial charge in [-0.1, -0.05) is 11.6 Å². The maximum Gasteiger partial charge on any atom is 0.249 e. The van der Waals surface area contributed by atoms with Crippen molar-refractivity contribution in [1.82, 2.24) is 10.2 Å². The van der Waals surface area contributed by atoms with Gasteiger partial charge in [-0.2, -0.15) is 0 Å². The predicted molar refractivity (Wildman–Crippen MR) is 81.7 cm³/mol. The molecule has 2 aliphatic carbocycles. The Morgan fingerprint density at radius 2 is 1.86 bits per heavy atom. The molecule has 0 spiro atoms. The third-order valence-electron chi connectivity index (χ3n) is 5.44. The molecule has 1 aliphatic heterocycles. The van der Waals surface area contributed by atoms with E-state index in [9.17, 15) is 9.59 Å². The number of nitrogens with one attached hydrogen (secondary N) is 1. The van der Waals surface area contributed by atoms with Gasteiger partial charge >= 0.3 is 0 Å². The van der Waals surface area contributed by atoms with Crippen molar-refractivity contribution in [2.75, 3.05) is 6.54 Å². The minimum atomic E-state index is -0.738. The van der Waals surface area contributed by atoms with Crippen LogP contribution < -0.4 is 5.32 Å². The Morgan fingerprint density at radius 3 is 2.33 bits per heavy atom. The van der Waals surface area contributed by atoms with Gasteiger partial charge in [0.25, 0.3) is 0 Å². The predicted octanol–water partition coefficient (Wildman–Crippen LogP) is 2.42. The van der Waals surface area contributed by atoms with Crippen molar-refractivity contribution in [3.8, 4) is 0 Å². The van der Waals surface area contributed by atoms with E-state index in [4.69, 9.17) is 11.6 Å². The molecule has 3 aliphatic rings. The lowest BCUT2D eigenvalue weighted by molar-refractivity contribution is -0.163. The van der Waals surface area contributed by atoms with Gasteiger partial charge in [-0.25, -0.2) is 0 Å². The zero-order valence-corrected chi connectivity index (χ0v) is 13.7. The lowest BCUT2D eigenvalue weighted by Gasteiger charge is -2.51. The molecule has 2 amide bonds. The number of amides is 2. The Bertz CT molecular complexity index is 524. The summed E-state index contributed by atoms with van der Waals surface area (Å²) in [4.78, 5) is 27.7. The lowest BCUT2D eigenvalue weighted by atomic mass is 9.81. The van der Waals surface area contributed by atoms with Gasteiger partial charge in [0.1, 0.15) is 11.1 Å². The number of hydrogen-bond donors (Lipinski definition) is 1. The van der Waals surface area contributed by atoms with Crippen LogP contribution in [-0.2, 0) is 9.59 Å². The average molecular weight is 311 g/mol. The summed E-state index contributed by atoms with van der Waals surface area (Å²) in [5, 5.41) is 3.06. The van der Waals surface area contributed by atoms with E-state index >= 15 is 0 Å². The first-order valence-corrected chi connectivity index (χ1v) is 8.18. The molecule has 2 saturated carbocycles. The molecule has 1 heterocycles. The van der Waals surface area contributed by atoms with Crippen molar-refractivity contribution < 1.29 is 9.59 Å². The van der Waals surface area contributed by atoms with E-state index in [0.29, 0.717) is 6.54 Å². The normalized spacial score (nSPS) is 37.7. The van der Waals surface area contributed by atoms with Crippen molar-refractivity contribution in [2.45, 2.75) is 57.5 Å². The quantitative estimate of drug-likeness (QED) is 0.867. The fourth-order valence-corrected chi connectivity index (χ4v) is 3.61. The number of piperazine rings is 1. The van der Waals surface area contributed by atoms with Gasteiger partial charge in [0.15, 0.2) is 0 Å². The van der Waals surface area contributed by atoms with E-state index in [1.54, 1.807) is 4.90 Å². The molecule has 1 saturated heterocycles. The summed E-state index contributed by atoms with van der Waals surface area (Å²) in [6.07, 6.45) is 4.05. The number of nitrogens with zero attached hydrogens (tertiary/aromatic N) is 1. The van der Waals surface area contributed by atoms with E-state index in [-0.39, 0.29) is 23.7 Å². The van der Waals surface area contributed by atoms with Gasteiger partial charge in [-0.05, 0) is 63.9 Å². The van der Waals surface area contributed by atoms with Crippen LogP contribution in [0.2, 0.25) is 0 Å². The summed E-state index contributed by atoms with van der Waals surface area (Å²) in [5.41, 5.74) is 0.941. The monoisotopic (exact) mass is 310 g/mol. The summed E-state index contributed by atoms with van der Waals surface area (Å²) in [6.45, 7) is 6.12. The lowest BCUT2D eigenvalue weighted by Crippen LogP contribution is -2.75. The maximum absolute atomic E-state index is 13.1. The molecule has 4 nitrogen and oxygen atoms in total. The number of carbonyl (C=O) groups excluding carboxylic acids is 2. The zero-order valence-electron chi connectivity index (χ0n) is 12.9. The van der Waals surface area contributed by atoms with Crippen LogP contribution >= 0.6 is 11.6 Å². The van der Waals surface area contributed by atoms with E-state index in [1.807, 2.05) is 20.8 Å². The highest BCUT2D eigenvalue weighted by molar-refractivity contribution is 6.25. The number of hydrogen-bond acceptors (Lipinski definition) is 2. The molecule has 3 rings (SSSR count). The van der Waals surface area contributed by atoms with Crippen LogP contribution in [-0.4, -0.2) is 34.3 Å². The molecule has 1 N–H and O–H groups in total. The van der Waals surface area contributed by atoms with Crippen LogP contribution in [0.4, 0.5) is 0 Å². The molecule has 2 unspecified atom stereocenters. The standard InChI is InChI=1S/C16H23ClN2O2/c1-10(8-17)9-19-14(21)15(2,11-4-5-11)18-13(20)16(19,3)12-6-7-12/h8,11-12H,4-7,9H2,1-3H3,(H,18,20). The molecule has 0 aromatic heterocycles. The van der Waals surface area contributed by atoms with Crippen LogP contribution in [0.3, 0.4) is 0 Å². The Hall–Kier alpha value is -1.03. The van der Waals surface area contributed by atoms with Crippen molar-refractivity contribution in [3.05, 3.63) is 11.1 Å². The molecule has 2 atom stereocenters. The molecular formula is C16H23ClN2O2. The van der Waals surface area contributed by atoms with Gasteiger partial charge in [0, 0.05) is 12.1 Å². The molecule has 3 fully saturated rings. The molecule has 0 radical (unpaired) electrons. The van der Waals surface area contributed by atoms with Crippen molar-refractivity contribution in [3.63, 3.8) is 0 Å². The first-order chi connectivity index (χ1) is 9.84. The Kier molecular flexibility index (Phi) is 3.36. The van der Waals surface area contributed by atoms with Crippen LogP contribution in [0.5, 0.6) is 0 Å². The van der Waals surface area contributed by atoms with Crippen molar-refractivity contribution >= 4 is 23.4 Å².